The Labute approximate surface area is 108 Å². The maximum absolute atomic E-state index is 5.43. The van der Waals surface area contributed by atoms with Gasteiger partial charge in [-0.1, -0.05) is 15.9 Å². The number of ether oxygens (including phenoxy) is 1. The molecule has 0 radical (unpaired) electrons. The first-order valence-electron chi connectivity index (χ1n) is 5.02. The maximum atomic E-state index is 5.43. The molecule has 0 atom stereocenters. The van der Waals surface area contributed by atoms with Gasteiger partial charge in [0.05, 0.1) is 12.8 Å². The molecule has 0 spiro atoms. The number of anilines is 1. The van der Waals surface area contributed by atoms with E-state index in [0.717, 1.165) is 15.9 Å². The second-order valence-electron chi connectivity index (χ2n) is 3.67. The quantitative estimate of drug-likeness (QED) is 0.627. The number of rotatable bonds is 4. The molecule has 86 valence electrons. The standard InChI is InChI=1S/C11H12BrClN2O/c1-16-11-5-2-8(12)6-10(11)15(7-14-13)9-3-4-9/h2,5-7,9H,3-4H2,1H3. The van der Waals surface area contributed by atoms with Crippen molar-refractivity contribution in [2.24, 2.45) is 4.51 Å². The highest BCUT2D eigenvalue weighted by Gasteiger charge is 2.30. The Morgan fingerprint density at radius 2 is 2.31 bits per heavy atom. The number of methoxy groups -OCH3 is 1. The Morgan fingerprint density at radius 1 is 1.56 bits per heavy atom. The molecular weight excluding hydrogens is 291 g/mol. The van der Waals surface area contributed by atoms with Crippen molar-refractivity contribution in [3.8, 4) is 5.75 Å². The van der Waals surface area contributed by atoms with Crippen molar-refractivity contribution in [1.82, 2.24) is 0 Å². The van der Waals surface area contributed by atoms with E-state index in [1.807, 2.05) is 18.2 Å². The van der Waals surface area contributed by atoms with E-state index in [1.165, 1.54) is 12.8 Å². The van der Waals surface area contributed by atoms with Gasteiger partial charge in [0, 0.05) is 22.3 Å². The fourth-order valence-electron chi connectivity index (χ4n) is 1.62. The van der Waals surface area contributed by atoms with Crippen LogP contribution in [0.2, 0.25) is 0 Å². The molecule has 5 heteroatoms. The summed E-state index contributed by atoms with van der Waals surface area (Å²) in [4.78, 5) is 2.05. The van der Waals surface area contributed by atoms with Crippen LogP contribution in [0.1, 0.15) is 12.8 Å². The zero-order valence-corrected chi connectivity index (χ0v) is 11.2. The summed E-state index contributed by atoms with van der Waals surface area (Å²) in [5.41, 5.74) is 0.990. The van der Waals surface area contributed by atoms with Gasteiger partial charge in [-0.3, -0.25) is 0 Å². The van der Waals surface area contributed by atoms with E-state index in [0.29, 0.717) is 6.04 Å². The van der Waals surface area contributed by atoms with Crippen LogP contribution in [0, 0.1) is 0 Å². The molecular formula is C11H12BrClN2O. The van der Waals surface area contributed by atoms with Crippen LogP contribution in [0.25, 0.3) is 0 Å². The van der Waals surface area contributed by atoms with Crippen LogP contribution in [-0.4, -0.2) is 19.5 Å². The zero-order valence-electron chi connectivity index (χ0n) is 8.86. The van der Waals surface area contributed by atoms with Gasteiger partial charge in [-0.25, -0.2) is 0 Å². The monoisotopic (exact) mass is 302 g/mol. The molecule has 0 N–H and O–H groups in total. The molecule has 0 saturated heterocycles. The lowest BCUT2D eigenvalue weighted by atomic mass is 10.2. The lowest BCUT2D eigenvalue weighted by molar-refractivity contribution is 0.415. The molecule has 1 aromatic rings. The van der Waals surface area contributed by atoms with Gasteiger partial charge in [0.2, 0.25) is 0 Å². The highest BCUT2D eigenvalue weighted by molar-refractivity contribution is 9.10. The SMILES string of the molecule is COc1ccc(Br)cc1N(C=NCl)C1CC1. The predicted molar refractivity (Wildman–Crippen MR) is 70.5 cm³/mol. The average molecular weight is 304 g/mol. The first kappa shape index (κ1) is 11.7. The summed E-state index contributed by atoms with van der Waals surface area (Å²) in [6.45, 7) is 0. The summed E-state index contributed by atoms with van der Waals surface area (Å²) in [5, 5.41) is 0. The molecule has 0 unspecified atom stereocenters. The fourth-order valence-corrected chi connectivity index (χ4v) is 2.06. The van der Waals surface area contributed by atoms with Crippen LogP contribution < -0.4 is 9.64 Å². The molecule has 1 fully saturated rings. The molecule has 1 aliphatic carbocycles. The molecule has 1 saturated carbocycles. The summed E-state index contributed by atoms with van der Waals surface area (Å²) < 4.78 is 9.93. The van der Waals surface area contributed by atoms with E-state index in [-0.39, 0.29) is 0 Å². The number of benzene rings is 1. The number of hydrogen-bond acceptors (Lipinski definition) is 2. The number of halogens is 2. The Bertz CT molecular complexity index is 407. The fraction of sp³-hybridized carbons (Fsp3) is 0.364. The molecule has 0 bridgehead atoms. The lowest BCUT2D eigenvalue weighted by Crippen LogP contribution is -2.23. The summed E-state index contributed by atoms with van der Waals surface area (Å²) in [6.07, 6.45) is 3.97. The third-order valence-electron chi connectivity index (χ3n) is 2.53. The van der Waals surface area contributed by atoms with Crippen molar-refractivity contribution in [2.45, 2.75) is 18.9 Å². The molecule has 0 amide bonds. The van der Waals surface area contributed by atoms with Gasteiger partial charge in [0.15, 0.2) is 0 Å². The van der Waals surface area contributed by atoms with Crippen molar-refractivity contribution in [2.75, 3.05) is 12.0 Å². The number of hydrogen-bond donors (Lipinski definition) is 0. The van der Waals surface area contributed by atoms with Crippen molar-refractivity contribution in [1.29, 1.82) is 0 Å². The molecule has 16 heavy (non-hydrogen) atoms. The smallest absolute Gasteiger partial charge is 0.142 e. The van der Waals surface area contributed by atoms with Gasteiger partial charge in [0.1, 0.15) is 12.1 Å². The van der Waals surface area contributed by atoms with Gasteiger partial charge in [-0.2, -0.15) is 4.51 Å². The third kappa shape index (κ3) is 2.50. The minimum Gasteiger partial charge on any atom is -0.495 e. The van der Waals surface area contributed by atoms with Gasteiger partial charge in [0.25, 0.3) is 0 Å². The second kappa shape index (κ2) is 5.06. The van der Waals surface area contributed by atoms with Crippen LogP contribution >= 0.6 is 27.7 Å². The predicted octanol–water partition coefficient (Wildman–Crippen LogP) is 3.61. The van der Waals surface area contributed by atoms with Gasteiger partial charge >= 0.3 is 0 Å². The van der Waals surface area contributed by atoms with E-state index < -0.39 is 0 Å². The van der Waals surface area contributed by atoms with Crippen molar-refractivity contribution in [3.63, 3.8) is 0 Å². The van der Waals surface area contributed by atoms with E-state index in [4.69, 9.17) is 16.5 Å². The highest BCUT2D eigenvalue weighted by Crippen LogP contribution is 2.37. The second-order valence-corrected chi connectivity index (χ2v) is 4.78. The van der Waals surface area contributed by atoms with Crippen molar-refractivity contribution >= 4 is 39.7 Å². The maximum Gasteiger partial charge on any atom is 0.142 e. The molecule has 0 aromatic heterocycles. The first-order valence-corrected chi connectivity index (χ1v) is 6.15. The van der Waals surface area contributed by atoms with Crippen LogP contribution in [0.3, 0.4) is 0 Å². The van der Waals surface area contributed by atoms with Gasteiger partial charge in [-0.15, -0.1) is 0 Å². The molecule has 3 nitrogen and oxygen atoms in total. The minimum absolute atomic E-state index is 0.491. The average Bonchev–Trinajstić information content (AvgIpc) is 3.10. The normalized spacial score (nSPS) is 15.4. The lowest BCUT2D eigenvalue weighted by Gasteiger charge is -2.21. The molecule has 0 aliphatic heterocycles. The van der Waals surface area contributed by atoms with Crippen LogP contribution in [0.5, 0.6) is 5.75 Å². The van der Waals surface area contributed by atoms with Crippen LogP contribution in [0.4, 0.5) is 5.69 Å². The van der Waals surface area contributed by atoms with Crippen molar-refractivity contribution < 1.29 is 4.74 Å². The van der Waals surface area contributed by atoms with Crippen LogP contribution in [-0.2, 0) is 0 Å². The minimum atomic E-state index is 0.491. The molecule has 0 heterocycles. The summed E-state index contributed by atoms with van der Waals surface area (Å²) in [6, 6.07) is 6.38. The van der Waals surface area contributed by atoms with E-state index >= 15 is 0 Å². The Balaban J connectivity index is 2.38. The zero-order chi connectivity index (χ0) is 11.5. The Morgan fingerprint density at radius 3 is 2.88 bits per heavy atom. The van der Waals surface area contributed by atoms with Gasteiger partial charge < -0.3 is 9.64 Å². The molecule has 1 aromatic carbocycles. The van der Waals surface area contributed by atoms with E-state index in [1.54, 1.807) is 13.4 Å². The van der Waals surface area contributed by atoms with Gasteiger partial charge in [-0.05, 0) is 31.0 Å². The van der Waals surface area contributed by atoms with E-state index in [2.05, 4.69) is 25.3 Å². The Hall–Kier alpha value is -0.740. The topological polar surface area (TPSA) is 24.8 Å². The summed E-state index contributed by atoms with van der Waals surface area (Å²) in [7, 11) is 1.66. The third-order valence-corrected chi connectivity index (χ3v) is 3.11. The van der Waals surface area contributed by atoms with Crippen LogP contribution in [0.15, 0.2) is 27.2 Å². The van der Waals surface area contributed by atoms with Crippen molar-refractivity contribution in [3.05, 3.63) is 22.7 Å². The highest BCUT2D eigenvalue weighted by atomic mass is 79.9. The summed E-state index contributed by atoms with van der Waals surface area (Å²) in [5.74, 6) is 0.826. The first-order chi connectivity index (χ1) is 7.76. The molecule has 1 aliphatic rings. The Kier molecular flexibility index (Phi) is 3.71. The largest absolute Gasteiger partial charge is 0.495 e. The number of nitrogens with zero attached hydrogens (tertiary/aromatic N) is 2. The van der Waals surface area contributed by atoms with E-state index in [9.17, 15) is 0 Å². The summed E-state index contributed by atoms with van der Waals surface area (Å²) >= 11 is 8.88. The molecule has 2 rings (SSSR count).